The molecule has 1 fully saturated rings. The highest BCUT2D eigenvalue weighted by atomic mass is 35.5. The molecule has 0 bridgehead atoms. The van der Waals surface area contributed by atoms with Crippen LogP contribution in [0.1, 0.15) is 12.0 Å². The third kappa shape index (κ3) is 4.14. The van der Waals surface area contributed by atoms with Gasteiger partial charge in [0.2, 0.25) is 5.91 Å². The normalized spacial score (nSPS) is 18.1. The van der Waals surface area contributed by atoms with Gasteiger partial charge in [-0.25, -0.2) is 0 Å². The number of hydrogen-bond donors (Lipinski definition) is 2. The van der Waals surface area contributed by atoms with Crippen LogP contribution in [-0.2, 0) is 14.3 Å². The molecule has 3 N–H and O–H groups in total. The Labute approximate surface area is 186 Å². The summed E-state index contributed by atoms with van der Waals surface area (Å²) in [5, 5.41) is 11.8. The number of methoxy groups -OCH3 is 1. The van der Waals surface area contributed by atoms with Crippen LogP contribution in [0.4, 0.5) is 0 Å². The highest BCUT2D eigenvalue weighted by Gasteiger charge is 2.42. The topological polar surface area (TPSA) is 106 Å². The largest absolute Gasteiger partial charge is 0.491 e. The van der Waals surface area contributed by atoms with Crippen LogP contribution in [0.2, 0.25) is 0 Å². The lowest BCUT2D eigenvalue weighted by Gasteiger charge is -2.20. The molecule has 0 unspecified atom stereocenters. The van der Waals surface area contributed by atoms with Crippen LogP contribution in [-0.4, -0.2) is 49.4 Å². The van der Waals surface area contributed by atoms with E-state index in [2.05, 4.69) is 0 Å². The fourth-order valence-corrected chi connectivity index (χ4v) is 3.98. The third-order valence-corrected chi connectivity index (χ3v) is 5.75. The lowest BCUT2D eigenvalue weighted by Crippen LogP contribution is -2.34. The minimum absolute atomic E-state index is 0. The molecule has 8 heteroatoms. The van der Waals surface area contributed by atoms with Crippen LogP contribution < -0.4 is 10.5 Å². The first kappa shape index (κ1) is 22.4. The van der Waals surface area contributed by atoms with E-state index in [1.807, 2.05) is 48.5 Å². The number of nitrogens with two attached hydrogens (primary N) is 1. The zero-order valence-electron chi connectivity index (χ0n) is 17.3. The van der Waals surface area contributed by atoms with Gasteiger partial charge < -0.3 is 20.1 Å². The summed E-state index contributed by atoms with van der Waals surface area (Å²) in [5.74, 6) is -0.739. The van der Waals surface area contributed by atoms with Gasteiger partial charge in [-0.15, -0.1) is 12.4 Å². The highest BCUT2D eigenvalue weighted by molar-refractivity contribution is 6.10. The number of carbonyl (C=O) groups is 2. The van der Waals surface area contributed by atoms with Crippen LogP contribution in [0, 0.1) is 11.3 Å². The zero-order chi connectivity index (χ0) is 21.4. The molecule has 162 valence electrons. The second kappa shape index (κ2) is 8.81. The van der Waals surface area contributed by atoms with E-state index < -0.39 is 11.9 Å². The number of esters is 1. The maximum absolute atomic E-state index is 12.2. The number of fused-ring (bicyclic) bond motifs is 3. The van der Waals surface area contributed by atoms with Gasteiger partial charge in [-0.3, -0.25) is 15.0 Å². The lowest BCUT2D eigenvalue weighted by atomic mass is 10.00. The summed E-state index contributed by atoms with van der Waals surface area (Å²) >= 11 is 0. The Bertz CT molecular complexity index is 1180. The predicted octanol–water partition coefficient (Wildman–Crippen LogP) is 3.10. The summed E-state index contributed by atoms with van der Waals surface area (Å²) in [6, 6.07) is 15.4. The number of nitrogens with one attached hydrogen (secondary N) is 1. The number of carbonyl (C=O) groups excluding carboxylic acids is 2. The first-order valence-corrected chi connectivity index (χ1v) is 9.67. The third-order valence-electron chi connectivity index (χ3n) is 5.75. The van der Waals surface area contributed by atoms with Gasteiger partial charge in [0.15, 0.2) is 0 Å². The molecule has 4 rings (SSSR count). The number of halogens is 1. The van der Waals surface area contributed by atoms with Crippen molar-refractivity contribution in [3.8, 4) is 5.75 Å². The summed E-state index contributed by atoms with van der Waals surface area (Å²) in [6.45, 7) is 0.302. The van der Waals surface area contributed by atoms with Crippen LogP contribution >= 0.6 is 12.4 Å². The molecule has 1 saturated heterocycles. The van der Waals surface area contributed by atoms with Crippen molar-refractivity contribution < 1.29 is 19.1 Å². The maximum atomic E-state index is 12.2. The van der Waals surface area contributed by atoms with Crippen molar-refractivity contribution >= 4 is 51.7 Å². The summed E-state index contributed by atoms with van der Waals surface area (Å²) in [4.78, 5) is 25.6. The van der Waals surface area contributed by atoms with Crippen molar-refractivity contribution in [3.63, 3.8) is 0 Å². The average molecular weight is 442 g/mol. The second-order valence-corrected chi connectivity index (χ2v) is 7.52. The van der Waals surface area contributed by atoms with Crippen molar-refractivity contribution in [3.05, 3.63) is 54.1 Å². The van der Waals surface area contributed by atoms with E-state index in [0.717, 1.165) is 21.5 Å². The van der Waals surface area contributed by atoms with Crippen molar-refractivity contribution in [2.45, 2.75) is 12.5 Å². The standard InChI is InChI=1S/C23H23N3O4.ClH/c1-26-16(11-20(22(26)27)23(28)29-2)12-30-17-6-8-19-14(10-17)4-3-13-9-15(21(24)25)5-7-18(13)19;/h3-10,16,20H,11-12H2,1-2H3,(H3,24,25);1H/t16-,20-;/m0./s1. The quantitative estimate of drug-likeness (QED) is 0.208. The predicted molar refractivity (Wildman–Crippen MR) is 122 cm³/mol. The number of amidine groups is 1. The summed E-state index contributed by atoms with van der Waals surface area (Å²) in [5.41, 5.74) is 6.29. The molecule has 3 aromatic rings. The molecule has 31 heavy (non-hydrogen) atoms. The number of rotatable bonds is 5. The smallest absolute Gasteiger partial charge is 0.318 e. The minimum atomic E-state index is -0.753. The van der Waals surface area contributed by atoms with Gasteiger partial charge in [0, 0.05) is 12.6 Å². The number of hydrogen-bond acceptors (Lipinski definition) is 5. The highest BCUT2D eigenvalue weighted by Crippen LogP contribution is 2.30. The zero-order valence-corrected chi connectivity index (χ0v) is 18.1. The van der Waals surface area contributed by atoms with Crippen molar-refractivity contribution in [1.82, 2.24) is 4.90 Å². The first-order chi connectivity index (χ1) is 14.4. The molecule has 1 heterocycles. The number of ether oxygens (including phenoxy) is 2. The molecule has 0 spiro atoms. The minimum Gasteiger partial charge on any atom is -0.491 e. The molecule has 1 amide bonds. The Hall–Kier alpha value is -3.32. The summed E-state index contributed by atoms with van der Waals surface area (Å²) in [6.07, 6.45) is 0.388. The summed E-state index contributed by atoms with van der Waals surface area (Å²) in [7, 11) is 2.97. The Morgan fingerprint density at radius 3 is 2.42 bits per heavy atom. The number of benzene rings is 3. The Kier molecular flexibility index (Phi) is 6.36. The maximum Gasteiger partial charge on any atom is 0.318 e. The number of likely N-dealkylation sites (N-methyl/N-ethyl adjacent to an activating group) is 1. The van der Waals surface area contributed by atoms with Crippen molar-refractivity contribution in [2.24, 2.45) is 11.7 Å². The van der Waals surface area contributed by atoms with Crippen molar-refractivity contribution in [1.29, 1.82) is 5.41 Å². The van der Waals surface area contributed by atoms with Gasteiger partial charge in [-0.05, 0) is 46.2 Å². The van der Waals surface area contributed by atoms with E-state index in [1.165, 1.54) is 7.11 Å². The molecule has 2 atom stereocenters. The van der Waals surface area contributed by atoms with Crippen LogP contribution in [0.15, 0.2) is 48.5 Å². The molecule has 0 radical (unpaired) electrons. The van der Waals surface area contributed by atoms with Crippen LogP contribution in [0.5, 0.6) is 5.75 Å². The Morgan fingerprint density at radius 1 is 1.13 bits per heavy atom. The SMILES string of the molecule is COC(=O)[C@H]1C[C@@H](COc2ccc3c(ccc4cc(C(=N)N)ccc43)c2)N(C)C1=O.Cl. The van der Waals surface area contributed by atoms with Gasteiger partial charge in [-0.1, -0.05) is 30.3 Å². The van der Waals surface area contributed by atoms with Gasteiger partial charge in [0.25, 0.3) is 0 Å². The molecule has 0 aromatic heterocycles. The van der Waals surface area contributed by atoms with Gasteiger partial charge in [-0.2, -0.15) is 0 Å². The molecule has 0 saturated carbocycles. The number of likely N-dealkylation sites (tertiary alicyclic amines) is 1. The number of nitrogens with zero attached hydrogens (tertiary/aromatic N) is 1. The Morgan fingerprint density at radius 2 is 1.77 bits per heavy atom. The average Bonchev–Trinajstić information content (AvgIpc) is 3.04. The van der Waals surface area contributed by atoms with Crippen LogP contribution in [0.25, 0.3) is 21.5 Å². The van der Waals surface area contributed by atoms with E-state index in [9.17, 15) is 9.59 Å². The Balaban J connectivity index is 0.00000272. The molecule has 1 aliphatic heterocycles. The fourth-order valence-electron chi connectivity index (χ4n) is 3.98. The van der Waals surface area contributed by atoms with E-state index in [1.54, 1.807) is 11.9 Å². The number of amides is 1. The molecule has 7 nitrogen and oxygen atoms in total. The van der Waals surface area contributed by atoms with Gasteiger partial charge >= 0.3 is 5.97 Å². The van der Waals surface area contributed by atoms with E-state index in [-0.39, 0.29) is 30.2 Å². The molecule has 0 aliphatic carbocycles. The first-order valence-electron chi connectivity index (χ1n) is 9.67. The van der Waals surface area contributed by atoms with Crippen molar-refractivity contribution in [2.75, 3.05) is 20.8 Å². The van der Waals surface area contributed by atoms with Crippen LogP contribution in [0.3, 0.4) is 0 Å². The fraction of sp³-hybridized carbons (Fsp3) is 0.261. The van der Waals surface area contributed by atoms with E-state index >= 15 is 0 Å². The molecule has 3 aromatic carbocycles. The monoisotopic (exact) mass is 441 g/mol. The molecular weight excluding hydrogens is 418 g/mol. The van der Waals surface area contributed by atoms with E-state index in [4.69, 9.17) is 20.6 Å². The lowest BCUT2D eigenvalue weighted by molar-refractivity contribution is -0.150. The second-order valence-electron chi connectivity index (χ2n) is 7.52. The van der Waals surface area contributed by atoms with E-state index in [0.29, 0.717) is 24.3 Å². The molecular formula is C23H24ClN3O4. The molecule has 1 aliphatic rings. The summed E-state index contributed by atoms with van der Waals surface area (Å²) < 4.78 is 10.7. The number of nitrogen functional groups attached to an aromatic ring is 1. The van der Waals surface area contributed by atoms with Gasteiger partial charge in [0.05, 0.1) is 13.2 Å². The van der Waals surface area contributed by atoms with Gasteiger partial charge in [0.1, 0.15) is 24.1 Å².